The van der Waals surface area contributed by atoms with Crippen molar-refractivity contribution in [3.05, 3.63) is 52.8 Å². The van der Waals surface area contributed by atoms with Gasteiger partial charge in [-0.25, -0.2) is 0 Å². The molecule has 0 radical (unpaired) electrons. The van der Waals surface area contributed by atoms with Gasteiger partial charge in [-0.3, -0.25) is 24.3 Å². The number of carbonyl (C=O) groups is 3. The molecule has 3 fully saturated rings. The number of amides is 1. The number of piperazine rings is 1. The first-order valence-electron chi connectivity index (χ1n) is 22.8. The Hall–Kier alpha value is -5.16. The molecule has 8 aliphatic rings. The van der Waals surface area contributed by atoms with Crippen LogP contribution in [0, 0.1) is 24.7 Å². The van der Waals surface area contributed by atoms with E-state index in [4.69, 9.17) is 33.5 Å². The fourth-order valence-corrected chi connectivity index (χ4v) is 10.4. The molecular formula is C49H66N4O12. The number of hydrogen-bond donors (Lipinski definition) is 4. The van der Waals surface area contributed by atoms with Crippen molar-refractivity contribution in [2.75, 3.05) is 45.7 Å². The molecule has 7 aliphatic heterocycles. The molecule has 4 N–H and O–H groups in total. The van der Waals surface area contributed by atoms with Crippen LogP contribution in [0.25, 0.3) is 10.8 Å². The van der Waals surface area contributed by atoms with E-state index in [9.17, 15) is 29.7 Å². The fourth-order valence-electron chi connectivity index (χ4n) is 10.4. The summed E-state index contributed by atoms with van der Waals surface area (Å²) < 4.78 is 36.6. The maximum absolute atomic E-state index is 14.6. The van der Waals surface area contributed by atoms with Crippen molar-refractivity contribution in [2.24, 2.45) is 22.9 Å². The number of ether oxygens (including phenoxy) is 6. The zero-order valence-electron chi connectivity index (χ0n) is 39.3. The van der Waals surface area contributed by atoms with Crippen LogP contribution in [0.3, 0.4) is 0 Å². The number of Topliss-reactive ketones (excluding diaryl/α,β-unsaturated/α-hetero) is 1. The van der Waals surface area contributed by atoms with E-state index in [1.54, 1.807) is 32.3 Å². The van der Waals surface area contributed by atoms with Crippen LogP contribution >= 0.6 is 0 Å². The Bertz CT molecular complexity index is 2300. The van der Waals surface area contributed by atoms with Crippen molar-refractivity contribution in [1.82, 2.24) is 9.91 Å². The third-order valence-corrected chi connectivity index (χ3v) is 14.6. The minimum atomic E-state index is -2.00. The van der Waals surface area contributed by atoms with Gasteiger partial charge in [-0.1, -0.05) is 51.8 Å². The molecule has 1 amide bonds. The van der Waals surface area contributed by atoms with Crippen molar-refractivity contribution < 1.29 is 58.1 Å². The summed E-state index contributed by atoms with van der Waals surface area (Å²) >= 11 is 0. The minimum Gasteiger partial charge on any atom is -0.507 e. The van der Waals surface area contributed by atoms with Crippen LogP contribution in [0.5, 0.6) is 23.0 Å². The van der Waals surface area contributed by atoms with Crippen LogP contribution in [0.4, 0.5) is 5.69 Å². The van der Waals surface area contributed by atoms with E-state index in [0.29, 0.717) is 19.1 Å². The number of hydrazone groups is 1. The van der Waals surface area contributed by atoms with Gasteiger partial charge in [-0.2, -0.15) is 5.10 Å². The van der Waals surface area contributed by atoms with E-state index in [0.717, 1.165) is 13.1 Å². The first kappa shape index (κ1) is 47.8. The SMILES string of the molecule is CO[C@H]1[C@@H](C)[C@H](OC(C)=O)C[C@@H](OC)/C=C/O[C@@]2(C)Oc3c(C)c(O)c4c(O)c(c(/C=N/N5CCN(C6CCCC6)CC5)c(O)c4c3C2=O)NC(=O)/C(C)=C\C=C\[C@]2(C)O[C@H]([C@H]1C)[C@H]2C. The van der Waals surface area contributed by atoms with Crippen LogP contribution in [-0.4, -0.2) is 131 Å². The number of aromatic hydroxyl groups is 3. The normalized spacial score (nSPS) is 33.5. The second-order valence-electron chi connectivity index (χ2n) is 18.7. The van der Waals surface area contributed by atoms with Crippen LogP contribution in [-0.2, 0) is 33.3 Å². The smallest absolute Gasteiger partial charge is 0.312 e. The lowest BCUT2D eigenvalue weighted by atomic mass is 9.71. The number of nitrogens with zero attached hydrogens (tertiary/aromatic N) is 3. The molecule has 2 saturated heterocycles. The zero-order valence-corrected chi connectivity index (χ0v) is 39.3. The first-order valence-corrected chi connectivity index (χ1v) is 22.8. The molecule has 10 rings (SSSR count). The summed E-state index contributed by atoms with van der Waals surface area (Å²) in [6.45, 7) is 16.8. The van der Waals surface area contributed by atoms with Crippen LogP contribution in [0.2, 0.25) is 0 Å². The number of carbonyl (C=O) groups excluding carboxylic acids is 3. The average molecular weight is 903 g/mol. The van der Waals surface area contributed by atoms with Crippen LogP contribution < -0.4 is 10.1 Å². The van der Waals surface area contributed by atoms with Gasteiger partial charge in [0.1, 0.15) is 23.4 Å². The molecule has 2 aromatic rings. The van der Waals surface area contributed by atoms with Gasteiger partial charge in [0.15, 0.2) is 5.75 Å². The number of ketones is 1. The molecule has 2 aromatic carbocycles. The lowest BCUT2D eigenvalue weighted by Gasteiger charge is -2.54. The summed E-state index contributed by atoms with van der Waals surface area (Å²) in [4.78, 5) is 43.5. The second-order valence-corrected chi connectivity index (χ2v) is 18.7. The van der Waals surface area contributed by atoms with Gasteiger partial charge in [-0.05, 0) is 39.7 Å². The van der Waals surface area contributed by atoms with Crippen molar-refractivity contribution in [3.63, 3.8) is 0 Å². The molecule has 9 atom stereocenters. The number of nitrogens with one attached hydrogen (secondary N) is 1. The van der Waals surface area contributed by atoms with Crippen molar-refractivity contribution in [1.29, 1.82) is 0 Å². The first-order chi connectivity index (χ1) is 30.8. The predicted octanol–water partition coefficient (Wildman–Crippen LogP) is 6.85. The highest BCUT2D eigenvalue weighted by Gasteiger charge is 2.53. The lowest BCUT2D eigenvalue weighted by molar-refractivity contribution is -0.252. The number of phenolic OH excluding ortho intramolecular Hbond substituents is 3. The predicted molar refractivity (Wildman–Crippen MR) is 244 cm³/mol. The molecule has 16 heteroatoms. The Morgan fingerprint density at radius 2 is 1.65 bits per heavy atom. The lowest BCUT2D eigenvalue weighted by Crippen LogP contribution is -2.60. The van der Waals surface area contributed by atoms with Crippen molar-refractivity contribution >= 4 is 40.3 Å². The highest BCUT2D eigenvalue weighted by atomic mass is 16.7. The van der Waals surface area contributed by atoms with E-state index in [1.807, 2.05) is 31.9 Å². The topological polar surface area (TPSA) is 198 Å². The molecular weight excluding hydrogens is 837 g/mol. The molecule has 1 saturated carbocycles. The van der Waals surface area contributed by atoms with Gasteiger partial charge < -0.3 is 49.1 Å². The molecule has 16 nitrogen and oxygen atoms in total. The zero-order chi connectivity index (χ0) is 47.1. The number of esters is 1. The summed E-state index contributed by atoms with van der Waals surface area (Å²) in [6, 6.07) is 0.566. The monoisotopic (exact) mass is 902 g/mol. The van der Waals surface area contributed by atoms with Crippen LogP contribution in [0.15, 0.2) is 41.2 Å². The number of phenols is 3. The Morgan fingerprint density at radius 1 is 0.954 bits per heavy atom. The molecule has 7 heterocycles. The number of benzene rings is 2. The van der Waals surface area contributed by atoms with Gasteiger partial charge in [0, 0.05) is 101 Å². The van der Waals surface area contributed by atoms with Crippen molar-refractivity contribution in [3.8, 4) is 23.0 Å². The fraction of sp³-hybridized carbons (Fsp3) is 0.592. The minimum absolute atomic E-state index is 0.0268. The molecule has 65 heavy (non-hydrogen) atoms. The molecule has 0 spiro atoms. The van der Waals surface area contributed by atoms with Gasteiger partial charge in [0.05, 0.1) is 58.6 Å². The number of anilines is 1. The van der Waals surface area contributed by atoms with E-state index in [-0.39, 0.29) is 80.9 Å². The van der Waals surface area contributed by atoms with E-state index in [2.05, 4.69) is 17.1 Å². The summed E-state index contributed by atoms with van der Waals surface area (Å²) in [5.41, 5.74) is -0.762. The van der Waals surface area contributed by atoms with E-state index < -0.39 is 58.5 Å². The summed E-state index contributed by atoms with van der Waals surface area (Å²) in [5, 5.41) is 45.0. The van der Waals surface area contributed by atoms with Crippen LogP contribution in [0.1, 0.15) is 102 Å². The Kier molecular flexibility index (Phi) is 14.0. The van der Waals surface area contributed by atoms with Gasteiger partial charge >= 0.3 is 11.8 Å². The number of allylic oxidation sites excluding steroid dienone is 2. The van der Waals surface area contributed by atoms with E-state index >= 15 is 0 Å². The quantitative estimate of drug-likeness (QED) is 0.102. The maximum Gasteiger partial charge on any atom is 0.312 e. The molecule has 7 bridgehead atoms. The summed E-state index contributed by atoms with van der Waals surface area (Å²) in [6.07, 6.45) is 12.6. The van der Waals surface area contributed by atoms with E-state index in [1.165, 1.54) is 66.0 Å². The largest absolute Gasteiger partial charge is 0.507 e. The number of hydrogen-bond acceptors (Lipinski definition) is 15. The third kappa shape index (κ3) is 9.06. The standard InChI is InChI=1S/C49H66N4O12/c1-26-14-13-18-48(7)30(5)44(64-48)29(4)43(61-10)27(2)35(63-31(6)54)24-33(60-9)17-23-62-49(8)46(58)38-36-37(40(55)28(3)45(38)65-49)42(57)39(51-47(26)59)34(41(36)56)25-50-53-21-19-52(20-22-53)32-15-11-12-16-32/h13-14,17-18,23,25,27,29-30,32-33,35,43-44,55-57H,11-12,15-16,19-22,24H2,1-10H3,(H,51,59)/b18-13+,23-17+,26-14-,50-25+/t27-,29-,30+,33-,35+,43-,44+,48-,49-/m0/s1. The highest BCUT2D eigenvalue weighted by molar-refractivity contribution is 6.23. The summed E-state index contributed by atoms with van der Waals surface area (Å²) in [7, 11) is 3.12. The molecule has 0 unspecified atom stereocenters. The molecule has 354 valence electrons. The van der Waals surface area contributed by atoms with Gasteiger partial charge in [-0.15, -0.1) is 0 Å². The maximum atomic E-state index is 14.6. The van der Waals surface area contributed by atoms with Gasteiger partial charge in [0.25, 0.3) is 11.7 Å². The highest BCUT2D eigenvalue weighted by Crippen LogP contribution is 2.55. The van der Waals surface area contributed by atoms with Crippen molar-refractivity contribution in [2.45, 2.75) is 129 Å². The third-order valence-electron chi connectivity index (χ3n) is 14.6. The Morgan fingerprint density at radius 3 is 2.28 bits per heavy atom. The average Bonchev–Trinajstić information content (AvgIpc) is 3.91. The Labute approximate surface area is 381 Å². The molecule has 0 aromatic heterocycles. The second kappa shape index (κ2) is 19.0. The number of rotatable bonds is 6. The van der Waals surface area contributed by atoms with Gasteiger partial charge in [0.2, 0.25) is 0 Å². The number of methoxy groups -OCH3 is 2. The Balaban J connectivity index is 1.32. The molecule has 1 aliphatic carbocycles. The summed E-state index contributed by atoms with van der Waals surface area (Å²) in [5.74, 6) is -5.85.